The summed E-state index contributed by atoms with van der Waals surface area (Å²) in [6.45, 7) is 3.74. The molecule has 0 spiro atoms. The highest BCUT2D eigenvalue weighted by Gasteiger charge is 2.30. The molecule has 25 heavy (non-hydrogen) atoms. The van der Waals surface area contributed by atoms with Crippen molar-refractivity contribution in [1.29, 1.82) is 0 Å². The maximum atomic E-state index is 12.6. The number of likely N-dealkylation sites (tertiary alicyclic amines) is 1. The number of hydrogen-bond donors (Lipinski definition) is 0. The van der Waals surface area contributed by atoms with Crippen LogP contribution in [0.25, 0.3) is 0 Å². The van der Waals surface area contributed by atoms with E-state index >= 15 is 0 Å². The van der Waals surface area contributed by atoms with Crippen LogP contribution < -0.4 is 0 Å². The molecule has 1 atom stereocenters. The summed E-state index contributed by atoms with van der Waals surface area (Å²) < 4.78 is 21.3. The van der Waals surface area contributed by atoms with E-state index in [-0.39, 0.29) is 17.9 Å². The van der Waals surface area contributed by atoms with Crippen molar-refractivity contribution in [1.82, 2.24) is 15.0 Å². The van der Waals surface area contributed by atoms with Gasteiger partial charge in [-0.25, -0.2) is 0 Å². The summed E-state index contributed by atoms with van der Waals surface area (Å²) in [5.41, 5.74) is 0. The van der Waals surface area contributed by atoms with Gasteiger partial charge in [-0.3, -0.25) is 4.79 Å². The normalized spacial score (nSPS) is 22.3. The monoisotopic (exact) mass is 353 g/mol. The molecule has 1 unspecified atom stereocenters. The minimum atomic E-state index is 0.0860. The second-order valence-electron chi connectivity index (χ2n) is 6.59. The standard InChI is InChI=1S/C17H27N3O5/c1-22-12-16-18-15(19-25-16)6-10-24-14-3-2-7-20(11-14)17(21)13-4-8-23-9-5-13/h13-14H,2-12H2,1H3. The number of rotatable bonds is 7. The van der Waals surface area contributed by atoms with Crippen LogP contribution >= 0.6 is 0 Å². The quantitative estimate of drug-likeness (QED) is 0.728. The molecule has 1 amide bonds. The Morgan fingerprint density at radius 1 is 1.32 bits per heavy atom. The minimum absolute atomic E-state index is 0.0860. The van der Waals surface area contributed by atoms with Gasteiger partial charge in [-0.2, -0.15) is 4.98 Å². The lowest BCUT2D eigenvalue weighted by Crippen LogP contribution is -2.46. The lowest BCUT2D eigenvalue weighted by molar-refractivity contribution is -0.142. The highest BCUT2D eigenvalue weighted by molar-refractivity contribution is 5.79. The van der Waals surface area contributed by atoms with Crippen LogP contribution in [0.2, 0.25) is 0 Å². The van der Waals surface area contributed by atoms with E-state index in [9.17, 15) is 4.79 Å². The number of aromatic nitrogens is 2. The number of hydrogen-bond acceptors (Lipinski definition) is 7. The highest BCUT2D eigenvalue weighted by Crippen LogP contribution is 2.21. The van der Waals surface area contributed by atoms with Gasteiger partial charge in [-0.1, -0.05) is 5.16 Å². The van der Waals surface area contributed by atoms with Crippen LogP contribution in [0.4, 0.5) is 0 Å². The first kappa shape index (κ1) is 18.3. The molecule has 8 heteroatoms. The molecule has 0 saturated carbocycles. The lowest BCUT2D eigenvalue weighted by atomic mass is 9.97. The second kappa shape index (κ2) is 9.26. The Kier molecular flexibility index (Phi) is 6.77. The van der Waals surface area contributed by atoms with Gasteiger partial charge in [0, 0.05) is 45.8 Å². The van der Waals surface area contributed by atoms with Gasteiger partial charge >= 0.3 is 0 Å². The van der Waals surface area contributed by atoms with Crippen molar-refractivity contribution in [2.24, 2.45) is 5.92 Å². The molecule has 0 aliphatic carbocycles. The fraction of sp³-hybridized carbons (Fsp3) is 0.824. The van der Waals surface area contributed by atoms with Crippen molar-refractivity contribution >= 4 is 5.91 Å². The van der Waals surface area contributed by atoms with Crippen molar-refractivity contribution in [3.8, 4) is 0 Å². The van der Waals surface area contributed by atoms with Gasteiger partial charge in [-0.05, 0) is 25.7 Å². The van der Waals surface area contributed by atoms with Crippen molar-refractivity contribution in [3.05, 3.63) is 11.7 Å². The predicted octanol–water partition coefficient (Wildman–Crippen LogP) is 1.19. The average molecular weight is 353 g/mol. The average Bonchev–Trinajstić information content (AvgIpc) is 3.10. The summed E-state index contributed by atoms with van der Waals surface area (Å²) in [7, 11) is 1.59. The molecule has 1 aromatic rings. The molecule has 2 aliphatic heterocycles. The SMILES string of the molecule is COCc1nc(CCOC2CCCN(C(=O)C3CCOCC3)C2)no1. The molecule has 2 aliphatic rings. The van der Waals surface area contributed by atoms with Crippen LogP contribution in [-0.4, -0.2) is 67.1 Å². The number of ether oxygens (including phenoxy) is 3. The summed E-state index contributed by atoms with van der Waals surface area (Å²) in [5.74, 6) is 1.48. The van der Waals surface area contributed by atoms with Crippen LogP contribution in [0, 0.1) is 5.92 Å². The second-order valence-corrected chi connectivity index (χ2v) is 6.59. The van der Waals surface area contributed by atoms with E-state index in [1.165, 1.54) is 0 Å². The topological polar surface area (TPSA) is 86.9 Å². The largest absolute Gasteiger partial charge is 0.381 e. The maximum absolute atomic E-state index is 12.6. The fourth-order valence-electron chi connectivity index (χ4n) is 3.37. The molecule has 8 nitrogen and oxygen atoms in total. The number of nitrogens with zero attached hydrogens (tertiary/aromatic N) is 3. The third-order valence-corrected chi connectivity index (χ3v) is 4.72. The van der Waals surface area contributed by atoms with Gasteiger partial charge in [0.1, 0.15) is 6.61 Å². The smallest absolute Gasteiger partial charge is 0.252 e. The Morgan fingerprint density at radius 2 is 2.16 bits per heavy atom. The summed E-state index contributed by atoms with van der Waals surface area (Å²) >= 11 is 0. The van der Waals surface area contributed by atoms with Crippen LogP contribution in [-0.2, 0) is 32.0 Å². The molecule has 3 rings (SSSR count). The molecule has 0 bridgehead atoms. The van der Waals surface area contributed by atoms with E-state index in [4.69, 9.17) is 18.7 Å². The van der Waals surface area contributed by atoms with E-state index in [0.29, 0.717) is 51.1 Å². The van der Waals surface area contributed by atoms with E-state index in [1.807, 2.05) is 4.90 Å². The fourth-order valence-corrected chi connectivity index (χ4v) is 3.37. The summed E-state index contributed by atoms with van der Waals surface area (Å²) in [5, 5.41) is 3.90. The summed E-state index contributed by atoms with van der Waals surface area (Å²) in [4.78, 5) is 18.8. The number of amides is 1. The summed E-state index contributed by atoms with van der Waals surface area (Å²) in [6.07, 6.45) is 4.32. The number of carbonyl (C=O) groups is 1. The van der Waals surface area contributed by atoms with Crippen molar-refractivity contribution in [2.45, 2.75) is 44.8 Å². The molecule has 0 radical (unpaired) electrons. The molecule has 2 saturated heterocycles. The van der Waals surface area contributed by atoms with Crippen LogP contribution in [0.5, 0.6) is 0 Å². The number of methoxy groups -OCH3 is 1. The highest BCUT2D eigenvalue weighted by atomic mass is 16.5. The zero-order chi connectivity index (χ0) is 17.5. The zero-order valence-corrected chi connectivity index (χ0v) is 14.8. The molecular formula is C17H27N3O5. The Hall–Kier alpha value is -1.51. The van der Waals surface area contributed by atoms with Gasteiger partial charge in [0.25, 0.3) is 5.89 Å². The Morgan fingerprint density at radius 3 is 2.96 bits per heavy atom. The predicted molar refractivity (Wildman–Crippen MR) is 87.8 cm³/mol. The Labute approximate surface area is 147 Å². The van der Waals surface area contributed by atoms with Crippen molar-refractivity contribution in [3.63, 3.8) is 0 Å². The number of carbonyl (C=O) groups excluding carboxylic acids is 1. The first-order valence-corrected chi connectivity index (χ1v) is 9.05. The molecule has 0 N–H and O–H groups in total. The maximum Gasteiger partial charge on any atom is 0.252 e. The molecule has 1 aromatic heterocycles. The lowest BCUT2D eigenvalue weighted by Gasteiger charge is -2.35. The summed E-state index contributed by atoms with van der Waals surface area (Å²) in [6, 6.07) is 0. The molecule has 2 fully saturated rings. The third kappa shape index (κ3) is 5.23. The molecular weight excluding hydrogens is 326 g/mol. The van der Waals surface area contributed by atoms with Crippen molar-refractivity contribution in [2.75, 3.05) is 40.0 Å². The minimum Gasteiger partial charge on any atom is -0.381 e. The van der Waals surface area contributed by atoms with Gasteiger partial charge in [0.2, 0.25) is 5.91 Å². The van der Waals surface area contributed by atoms with E-state index < -0.39 is 0 Å². The molecule has 3 heterocycles. The van der Waals surface area contributed by atoms with Crippen LogP contribution in [0.1, 0.15) is 37.4 Å². The van der Waals surface area contributed by atoms with Gasteiger partial charge in [-0.15, -0.1) is 0 Å². The Balaban J connectivity index is 1.41. The van der Waals surface area contributed by atoms with E-state index in [2.05, 4.69) is 10.1 Å². The first-order valence-electron chi connectivity index (χ1n) is 9.05. The third-order valence-electron chi connectivity index (χ3n) is 4.72. The van der Waals surface area contributed by atoms with Gasteiger partial charge < -0.3 is 23.6 Å². The molecule has 140 valence electrons. The first-order chi connectivity index (χ1) is 12.3. The van der Waals surface area contributed by atoms with Gasteiger partial charge in [0.15, 0.2) is 5.82 Å². The van der Waals surface area contributed by atoms with Crippen LogP contribution in [0.3, 0.4) is 0 Å². The number of piperidine rings is 1. The van der Waals surface area contributed by atoms with Crippen LogP contribution in [0.15, 0.2) is 4.52 Å². The van der Waals surface area contributed by atoms with Crippen molar-refractivity contribution < 1.29 is 23.5 Å². The molecule has 0 aromatic carbocycles. The Bertz CT molecular complexity index is 544. The van der Waals surface area contributed by atoms with E-state index in [0.717, 1.165) is 32.2 Å². The van der Waals surface area contributed by atoms with Gasteiger partial charge in [0.05, 0.1) is 12.7 Å². The van der Waals surface area contributed by atoms with E-state index in [1.54, 1.807) is 7.11 Å². The zero-order valence-electron chi connectivity index (χ0n) is 14.8.